The van der Waals surface area contributed by atoms with Gasteiger partial charge in [-0.1, -0.05) is 11.6 Å². The summed E-state index contributed by atoms with van der Waals surface area (Å²) in [6.07, 6.45) is 1.31. The Hall–Kier alpha value is -0.770. The van der Waals surface area contributed by atoms with Crippen molar-refractivity contribution in [2.45, 2.75) is 11.5 Å². The van der Waals surface area contributed by atoms with Crippen molar-refractivity contribution >= 4 is 49.9 Å². The molecule has 3 N–H and O–H groups in total. The van der Waals surface area contributed by atoms with Crippen LogP contribution in [0.2, 0.25) is 5.02 Å². The van der Waals surface area contributed by atoms with E-state index in [0.717, 1.165) is 3.57 Å². The van der Waals surface area contributed by atoms with E-state index in [9.17, 15) is 8.42 Å². The average molecular weight is 413 g/mol. The zero-order valence-electron chi connectivity index (χ0n) is 9.52. The Bertz CT molecular complexity index is 700. The monoisotopic (exact) mass is 412 g/mol. The van der Waals surface area contributed by atoms with Gasteiger partial charge >= 0.3 is 0 Å². The first kappa shape index (κ1) is 14.6. The van der Waals surface area contributed by atoms with Crippen molar-refractivity contribution in [2.75, 3.05) is 4.72 Å². The van der Waals surface area contributed by atoms with Crippen LogP contribution in [0.5, 0.6) is 0 Å². The molecule has 0 radical (unpaired) electrons. The molecule has 1 heterocycles. The van der Waals surface area contributed by atoms with Gasteiger partial charge < -0.3 is 10.1 Å². The Morgan fingerprint density at radius 1 is 1.37 bits per heavy atom. The number of aromatic amines is 1. The molecular weight excluding hydrogens is 403 g/mol. The summed E-state index contributed by atoms with van der Waals surface area (Å²) in [4.78, 5) is 2.72. The van der Waals surface area contributed by atoms with E-state index < -0.39 is 10.0 Å². The fourth-order valence-corrected chi connectivity index (χ4v) is 3.50. The first-order valence-corrected chi connectivity index (χ1v) is 8.12. The lowest BCUT2D eigenvalue weighted by Crippen LogP contribution is -2.12. The zero-order chi connectivity index (χ0) is 14.0. The molecule has 2 aromatic rings. The van der Waals surface area contributed by atoms with Crippen LogP contribution in [-0.4, -0.2) is 18.5 Å². The Labute approximate surface area is 129 Å². The lowest BCUT2D eigenvalue weighted by molar-refractivity contribution is 0.277. The second-order valence-electron chi connectivity index (χ2n) is 3.75. The van der Waals surface area contributed by atoms with Gasteiger partial charge in [0.05, 0.1) is 17.3 Å². The number of halogens is 2. The molecule has 2 rings (SSSR count). The van der Waals surface area contributed by atoms with E-state index in [1.54, 1.807) is 18.2 Å². The molecule has 0 fully saturated rings. The molecule has 0 saturated heterocycles. The van der Waals surface area contributed by atoms with Gasteiger partial charge in [0.2, 0.25) is 0 Å². The average Bonchev–Trinajstić information content (AvgIpc) is 2.82. The molecule has 102 valence electrons. The summed E-state index contributed by atoms with van der Waals surface area (Å²) in [5, 5.41) is 9.24. The number of aliphatic hydroxyl groups is 1. The van der Waals surface area contributed by atoms with Gasteiger partial charge in [0.25, 0.3) is 10.0 Å². The Morgan fingerprint density at radius 2 is 2.11 bits per heavy atom. The van der Waals surface area contributed by atoms with Crippen LogP contribution in [0.4, 0.5) is 5.69 Å². The third kappa shape index (κ3) is 3.41. The largest absolute Gasteiger partial charge is 0.390 e. The molecule has 5 nitrogen and oxygen atoms in total. The van der Waals surface area contributed by atoms with Crippen LogP contribution in [0.1, 0.15) is 5.69 Å². The number of nitrogens with one attached hydrogen (secondary N) is 2. The highest BCUT2D eigenvalue weighted by Crippen LogP contribution is 2.26. The Kier molecular flexibility index (Phi) is 4.39. The van der Waals surface area contributed by atoms with Crippen molar-refractivity contribution in [1.29, 1.82) is 0 Å². The lowest BCUT2D eigenvalue weighted by Gasteiger charge is -2.08. The van der Waals surface area contributed by atoms with E-state index in [1.807, 2.05) is 0 Å². The Morgan fingerprint density at radius 3 is 2.68 bits per heavy atom. The van der Waals surface area contributed by atoms with E-state index >= 15 is 0 Å². The van der Waals surface area contributed by atoms with Gasteiger partial charge in [0.15, 0.2) is 0 Å². The van der Waals surface area contributed by atoms with E-state index in [2.05, 4.69) is 32.3 Å². The lowest BCUT2D eigenvalue weighted by atomic mass is 10.3. The number of sulfonamides is 1. The molecule has 0 aliphatic carbocycles. The van der Waals surface area contributed by atoms with Gasteiger partial charge in [-0.15, -0.1) is 0 Å². The number of benzene rings is 1. The van der Waals surface area contributed by atoms with Gasteiger partial charge in [-0.05, 0) is 46.9 Å². The van der Waals surface area contributed by atoms with E-state index in [0.29, 0.717) is 16.4 Å². The molecule has 8 heteroatoms. The van der Waals surface area contributed by atoms with Gasteiger partial charge in [0, 0.05) is 15.5 Å². The standard InChI is InChI=1S/C11H10ClIN2O3S/c12-10-3-7(13)1-2-11(10)15-19(17,18)9-4-8(6-16)14-5-9/h1-5,14-16H,6H2. The zero-order valence-corrected chi connectivity index (χ0v) is 13.3. The second kappa shape index (κ2) is 5.70. The molecular formula is C11H10ClIN2O3S. The third-order valence-electron chi connectivity index (χ3n) is 2.37. The molecule has 0 spiro atoms. The minimum atomic E-state index is -3.72. The van der Waals surface area contributed by atoms with Gasteiger partial charge in [0.1, 0.15) is 4.90 Å². The molecule has 0 unspecified atom stereocenters. The Balaban J connectivity index is 2.30. The smallest absolute Gasteiger partial charge is 0.263 e. The van der Waals surface area contributed by atoms with Crippen molar-refractivity contribution in [3.05, 3.63) is 44.7 Å². The number of anilines is 1. The van der Waals surface area contributed by atoms with Crippen molar-refractivity contribution in [1.82, 2.24) is 4.98 Å². The van der Waals surface area contributed by atoms with Crippen LogP contribution in [0.15, 0.2) is 35.4 Å². The highest BCUT2D eigenvalue weighted by molar-refractivity contribution is 14.1. The van der Waals surface area contributed by atoms with Crippen molar-refractivity contribution < 1.29 is 13.5 Å². The van der Waals surface area contributed by atoms with Crippen LogP contribution in [0.25, 0.3) is 0 Å². The molecule has 0 amide bonds. The maximum atomic E-state index is 12.1. The molecule has 0 atom stereocenters. The van der Waals surface area contributed by atoms with Crippen LogP contribution in [-0.2, 0) is 16.6 Å². The number of hydrogen-bond donors (Lipinski definition) is 3. The predicted octanol–water partition coefficient (Wildman–Crippen LogP) is 2.57. The van der Waals surface area contributed by atoms with Crippen LogP contribution in [0.3, 0.4) is 0 Å². The van der Waals surface area contributed by atoms with Crippen LogP contribution >= 0.6 is 34.2 Å². The SMILES string of the molecule is O=S(=O)(Nc1ccc(I)cc1Cl)c1c[nH]c(CO)c1. The topological polar surface area (TPSA) is 82.2 Å². The molecule has 1 aromatic carbocycles. The summed E-state index contributed by atoms with van der Waals surface area (Å²) in [5.74, 6) is 0. The first-order valence-electron chi connectivity index (χ1n) is 5.18. The summed E-state index contributed by atoms with van der Waals surface area (Å²) in [6.45, 7) is -0.250. The maximum absolute atomic E-state index is 12.1. The number of rotatable bonds is 4. The summed E-state index contributed by atoms with van der Waals surface area (Å²) < 4.78 is 27.5. The second-order valence-corrected chi connectivity index (χ2v) is 7.08. The predicted molar refractivity (Wildman–Crippen MR) is 81.7 cm³/mol. The third-order valence-corrected chi connectivity index (χ3v) is 4.70. The van der Waals surface area contributed by atoms with Gasteiger partial charge in [-0.3, -0.25) is 4.72 Å². The van der Waals surface area contributed by atoms with Crippen molar-refractivity contribution in [2.24, 2.45) is 0 Å². The summed E-state index contributed by atoms with van der Waals surface area (Å²) >= 11 is 8.06. The number of aromatic nitrogens is 1. The van der Waals surface area contributed by atoms with Crippen LogP contribution < -0.4 is 4.72 Å². The number of H-pyrrole nitrogens is 1. The summed E-state index contributed by atoms with van der Waals surface area (Å²) in [7, 11) is -3.72. The molecule has 0 saturated carbocycles. The highest BCUT2D eigenvalue weighted by Gasteiger charge is 2.17. The quantitative estimate of drug-likeness (QED) is 0.675. The van der Waals surface area contributed by atoms with E-state index in [-0.39, 0.29) is 11.5 Å². The summed E-state index contributed by atoms with van der Waals surface area (Å²) in [6, 6.07) is 6.38. The molecule has 0 bridgehead atoms. The van der Waals surface area contributed by atoms with E-state index in [4.69, 9.17) is 16.7 Å². The number of hydrogen-bond acceptors (Lipinski definition) is 3. The molecule has 0 aliphatic rings. The first-order chi connectivity index (χ1) is 8.92. The fraction of sp³-hybridized carbons (Fsp3) is 0.0909. The highest BCUT2D eigenvalue weighted by atomic mass is 127. The van der Waals surface area contributed by atoms with Gasteiger partial charge in [-0.2, -0.15) is 0 Å². The molecule has 1 aromatic heterocycles. The van der Waals surface area contributed by atoms with Crippen molar-refractivity contribution in [3.63, 3.8) is 0 Å². The molecule has 0 aliphatic heterocycles. The van der Waals surface area contributed by atoms with E-state index in [1.165, 1.54) is 12.3 Å². The minimum absolute atomic E-state index is 0.0474. The molecule has 19 heavy (non-hydrogen) atoms. The minimum Gasteiger partial charge on any atom is -0.390 e. The normalized spacial score (nSPS) is 11.5. The van der Waals surface area contributed by atoms with Gasteiger partial charge in [-0.25, -0.2) is 8.42 Å². The fourth-order valence-electron chi connectivity index (χ4n) is 1.44. The number of aliphatic hydroxyl groups excluding tert-OH is 1. The maximum Gasteiger partial charge on any atom is 0.263 e. The van der Waals surface area contributed by atoms with Crippen molar-refractivity contribution in [3.8, 4) is 0 Å². The summed E-state index contributed by atoms with van der Waals surface area (Å²) in [5.41, 5.74) is 0.739. The van der Waals surface area contributed by atoms with Crippen LogP contribution in [0, 0.1) is 3.57 Å².